The Morgan fingerprint density at radius 3 is 1.66 bits per heavy atom. The third kappa shape index (κ3) is 7.26. The van der Waals surface area contributed by atoms with E-state index < -0.39 is 0 Å². The summed E-state index contributed by atoms with van der Waals surface area (Å²) in [6.45, 7) is 0.913. The highest BCUT2D eigenvalue weighted by Crippen LogP contribution is 2.29. The van der Waals surface area contributed by atoms with Crippen LogP contribution in [0.4, 0.5) is 0 Å². The number of hydrogen-bond acceptors (Lipinski definition) is 5. The van der Waals surface area contributed by atoms with E-state index in [1.165, 1.54) is 0 Å². The first-order valence-corrected chi connectivity index (χ1v) is 10.2. The molecule has 154 valence electrons. The zero-order valence-electron chi connectivity index (χ0n) is 16.6. The highest BCUT2D eigenvalue weighted by Gasteiger charge is 2.23. The summed E-state index contributed by atoms with van der Waals surface area (Å²) in [6.07, 6.45) is 4.46. The second-order valence-electron chi connectivity index (χ2n) is 7.76. The van der Waals surface area contributed by atoms with Gasteiger partial charge in [-0.2, -0.15) is 0 Å². The monoisotopic (exact) mass is 396 g/mol. The van der Waals surface area contributed by atoms with Crippen molar-refractivity contribution < 1.29 is 24.2 Å². The Labute approximate surface area is 171 Å². The number of ether oxygens (including phenoxy) is 2. The molecule has 0 atom stereocenters. The van der Waals surface area contributed by atoms with Gasteiger partial charge in [0.2, 0.25) is 0 Å². The molecular formula is C24H28O5. The molecule has 0 heterocycles. The molecule has 1 N–H and O–H groups in total. The van der Waals surface area contributed by atoms with Gasteiger partial charge in [-0.15, -0.1) is 0 Å². The summed E-state index contributed by atoms with van der Waals surface area (Å²) in [5, 5.41) is 9.28. The fourth-order valence-electron chi connectivity index (χ4n) is 3.63. The smallest absolute Gasteiger partial charge is 0.310 e. The van der Waals surface area contributed by atoms with Crippen molar-refractivity contribution in [2.24, 2.45) is 11.8 Å². The van der Waals surface area contributed by atoms with Crippen molar-refractivity contribution in [3.63, 3.8) is 0 Å². The molecule has 3 rings (SSSR count). The minimum atomic E-state index is -0.243. The summed E-state index contributed by atoms with van der Waals surface area (Å²) in [5.74, 6) is 0.521. The summed E-state index contributed by atoms with van der Waals surface area (Å²) in [7, 11) is 0. The number of phenolic OH excluding ortho intramolecular Hbond substituents is 1. The van der Waals surface area contributed by atoms with Crippen molar-refractivity contribution in [2.45, 2.75) is 38.5 Å². The van der Waals surface area contributed by atoms with Gasteiger partial charge in [-0.25, -0.2) is 0 Å². The van der Waals surface area contributed by atoms with Gasteiger partial charge in [0.1, 0.15) is 5.75 Å². The van der Waals surface area contributed by atoms with Gasteiger partial charge in [-0.3, -0.25) is 9.59 Å². The molecule has 5 heteroatoms. The largest absolute Gasteiger partial charge is 0.508 e. The molecule has 1 fully saturated rings. The first-order valence-electron chi connectivity index (χ1n) is 10.2. The van der Waals surface area contributed by atoms with E-state index in [4.69, 9.17) is 9.47 Å². The lowest BCUT2D eigenvalue weighted by Crippen LogP contribution is -2.24. The van der Waals surface area contributed by atoms with Crippen LogP contribution in [0.5, 0.6) is 5.75 Å². The van der Waals surface area contributed by atoms with Gasteiger partial charge < -0.3 is 14.6 Å². The first-order chi connectivity index (χ1) is 14.1. The molecule has 5 nitrogen and oxygen atoms in total. The van der Waals surface area contributed by atoms with Crippen LogP contribution in [-0.4, -0.2) is 30.3 Å². The molecule has 29 heavy (non-hydrogen) atoms. The fourth-order valence-corrected chi connectivity index (χ4v) is 3.63. The van der Waals surface area contributed by atoms with E-state index in [9.17, 15) is 14.7 Å². The van der Waals surface area contributed by atoms with Crippen molar-refractivity contribution in [3.8, 4) is 5.75 Å². The van der Waals surface area contributed by atoms with Crippen LogP contribution < -0.4 is 0 Å². The van der Waals surface area contributed by atoms with Crippen molar-refractivity contribution in [1.29, 1.82) is 0 Å². The fraction of sp³-hybridized carbons (Fsp3) is 0.417. The lowest BCUT2D eigenvalue weighted by molar-refractivity contribution is -0.146. The van der Waals surface area contributed by atoms with E-state index >= 15 is 0 Å². The van der Waals surface area contributed by atoms with E-state index in [2.05, 4.69) is 0 Å². The normalized spacial score (nSPS) is 18.8. The van der Waals surface area contributed by atoms with Gasteiger partial charge in [0.05, 0.1) is 26.1 Å². The maximum absolute atomic E-state index is 12.0. The van der Waals surface area contributed by atoms with Gasteiger partial charge in [-0.05, 0) is 60.8 Å². The molecule has 0 saturated heterocycles. The molecule has 0 bridgehead atoms. The van der Waals surface area contributed by atoms with Gasteiger partial charge in [0.25, 0.3) is 0 Å². The minimum absolute atomic E-state index is 0.179. The standard InChI is InChI=1S/C24H28O5/c25-22-12-10-19(11-13-22)15-24(27)29-17-21-8-6-20(7-9-21)16-28-23(26)14-18-4-2-1-3-5-18/h1-5,10-13,20-21,25H,6-9,14-17H2. The molecule has 0 aliphatic heterocycles. The summed E-state index contributed by atoms with van der Waals surface area (Å²) in [5.41, 5.74) is 1.80. The van der Waals surface area contributed by atoms with E-state index in [0.29, 0.717) is 31.5 Å². The topological polar surface area (TPSA) is 72.8 Å². The Kier molecular flexibility index (Phi) is 7.68. The maximum atomic E-state index is 12.0. The molecular weight excluding hydrogens is 368 g/mol. The Bertz CT molecular complexity index is 777. The van der Waals surface area contributed by atoms with Gasteiger partial charge >= 0.3 is 11.9 Å². The van der Waals surface area contributed by atoms with Crippen molar-refractivity contribution >= 4 is 11.9 Å². The Morgan fingerprint density at radius 1 is 0.724 bits per heavy atom. The van der Waals surface area contributed by atoms with Crippen LogP contribution in [-0.2, 0) is 31.9 Å². The number of carbonyl (C=O) groups is 2. The Morgan fingerprint density at radius 2 is 1.17 bits per heavy atom. The van der Waals surface area contributed by atoms with Crippen LogP contribution in [0.15, 0.2) is 54.6 Å². The number of aromatic hydroxyl groups is 1. The van der Waals surface area contributed by atoms with Crippen LogP contribution in [0.3, 0.4) is 0 Å². The second-order valence-corrected chi connectivity index (χ2v) is 7.76. The van der Waals surface area contributed by atoms with Crippen LogP contribution in [0, 0.1) is 11.8 Å². The highest BCUT2D eigenvalue weighted by atomic mass is 16.5. The maximum Gasteiger partial charge on any atom is 0.310 e. The second kappa shape index (κ2) is 10.6. The zero-order chi connectivity index (χ0) is 20.5. The summed E-state index contributed by atoms with van der Waals surface area (Å²) in [6, 6.07) is 16.2. The number of phenols is 1. The number of hydrogen-bond donors (Lipinski definition) is 1. The molecule has 0 aromatic heterocycles. The van der Waals surface area contributed by atoms with E-state index in [1.54, 1.807) is 24.3 Å². The molecule has 0 radical (unpaired) electrons. The van der Waals surface area contributed by atoms with E-state index in [-0.39, 0.29) is 24.1 Å². The molecule has 1 aliphatic carbocycles. The molecule has 1 aliphatic rings. The number of benzene rings is 2. The molecule has 2 aromatic carbocycles. The average molecular weight is 396 g/mol. The number of esters is 2. The van der Waals surface area contributed by atoms with Crippen molar-refractivity contribution in [1.82, 2.24) is 0 Å². The predicted molar refractivity (Wildman–Crippen MR) is 109 cm³/mol. The molecule has 0 spiro atoms. The molecule has 2 aromatic rings. The summed E-state index contributed by atoms with van der Waals surface area (Å²) < 4.78 is 10.9. The van der Waals surface area contributed by atoms with Crippen LogP contribution in [0.2, 0.25) is 0 Å². The molecule has 0 unspecified atom stereocenters. The minimum Gasteiger partial charge on any atom is -0.508 e. The van der Waals surface area contributed by atoms with Crippen LogP contribution in [0.25, 0.3) is 0 Å². The molecule has 1 saturated carbocycles. The average Bonchev–Trinajstić information content (AvgIpc) is 2.74. The first kappa shape index (κ1) is 20.9. The number of carbonyl (C=O) groups excluding carboxylic acids is 2. The Balaban J connectivity index is 1.29. The van der Waals surface area contributed by atoms with E-state index in [0.717, 1.165) is 36.8 Å². The van der Waals surface area contributed by atoms with Gasteiger partial charge in [0, 0.05) is 0 Å². The van der Waals surface area contributed by atoms with Gasteiger partial charge in [-0.1, -0.05) is 42.5 Å². The lowest BCUT2D eigenvalue weighted by atomic mass is 9.83. The van der Waals surface area contributed by atoms with Crippen LogP contribution >= 0.6 is 0 Å². The zero-order valence-corrected chi connectivity index (χ0v) is 16.6. The van der Waals surface area contributed by atoms with E-state index in [1.807, 2.05) is 30.3 Å². The highest BCUT2D eigenvalue weighted by molar-refractivity contribution is 5.73. The predicted octanol–water partition coefficient (Wildman–Crippen LogP) is 4.07. The third-order valence-electron chi connectivity index (χ3n) is 5.40. The van der Waals surface area contributed by atoms with Crippen LogP contribution in [0.1, 0.15) is 36.8 Å². The Hall–Kier alpha value is -2.82. The van der Waals surface area contributed by atoms with Gasteiger partial charge in [0.15, 0.2) is 0 Å². The van der Waals surface area contributed by atoms with Crippen molar-refractivity contribution in [2.75, 3.05) is 13.2 Å². The summed E-state index contributed by atoms with van der Waals surface area (Å²) in [4.78, 5) is 24.0. The molecule has 0 amide bonds. The quantitative estimate of drug-likeness (QED) is 0.681. The van der Waals surface area contributed by atoms with Crippen molar-refractivity contribution in [3.05, 3.63) is 65.7 Å². The third-order valence-corrected chi connectivity index (χ3v) is 5.40. The summed E-state index contributed by atoms with van der Waals surface area (Å²) >= 11 is 0. The lowest BCUT2D eigenvalue weighted by Gasteiger charge is -2.27. The SMILES string of the molecule is O=C(Cc1ccccc1)OCC1CCC(COC(=O)Cc2ccc(O)cc2)CC1. The number of rotatable bonds is 8.